The van der Waals surface area contributed by atoms with Crippen molar-refractivity contribution in [1.82, 2.24) is 4.90 Å². The molecule has 6 nitrogen and oxygen atoms in total. The Morgan fingerprint density at radius 3 is 2.65 bits per heavy atom. The molecule has 2 N–H and O–H groups in total. The van der Waals surface area contributed by atoms with Crippen molar-refractivity contribution in [3.8, 4) is 0 Å². The van der Waals surface area contributed by atoms with E-state index in [1.165, 1.54) is 7.11 Å². The van der Waals surface area contributed by atoms with Crippen LogP contribution >= 0.6 is 0 Å². The molecule has 1 saturated heterocycles. The largest absolute Gasteiger partial charge is 0.469 e. The maximum absolute atomic E-state index is 12.2. The molecule has 1 fully saturated rings. The average Bonchev–Trinajstić information content (AvgIpc) is 2.73. The minimum absolute atomic E-state index is 0.233. The van der Waals surface area contributed by atoms with Crippen LogP contribution in [0.5, 0.6) is 0 Å². The first-order chi connectivity index (χ1) is 11.0. The molecule has 0 aromatic heterocycles. The number of rotatable bonds is 3. The van der Waals surface area contributed by atoms with Crippen LogP contribution in [-0.4, -0.2) is 43.2 Å². The minimum Gasteiger partial charge on any atom is -0.469 e. The lowest BCUT2D eigenvalue weighted by molar-refractivity contribution is -0.153. The number of hydrogen-bond donors (Lipinski definition) is 1. The molecule has 1 heterocycles. The summed E-state index contributed by atoms with van der Waals surface area (Å²) in [5, 5.41) is 0. The van der Waals surface area contributed by atoms with E-state index < -0.39 is 5.41 Å². The zero-order chi connectivity index (χ0) is 16.9. The highest BCUT2D eigenvalue weighted by Crippen LogP contribution is 2.31. The number of nitrogens with zero attached hydrogens (tertiary/aromatic N) is 1. The zero-order valence-electron chi connectivity index (χ0n) is 13.7. The third-order valence-corrected chi connectivity index (χ3v) is 4.54. The van der Waals surface area contributed by atoms with Gasteiger partial charge in [-0.3, -0.25) is 4.79 Å². The summed E-state index contributed by atoms with van der Waals surface area (Å²) in [6, 6.07) is 9.17. The Hall–Kier alpha value is -2.08. The second-order valence-corrected chi connectivity index (χ2v) is 6.08. The second kappa shape index (κ2) is 7.46. The predicted octanol–water partition coefficient (Wildman–Crippen LogP) is 1.93. The number of methoxy groups -OCH3 is 1. The zero-order valence-corrected chi connectivity index (χ0v) is 13.7. The third-order valence-electron chi connectivity index (χ3n) is 4.54. The van der Waals surface area contributed by atoms with Gasteiger partial charge in [-0.2, -0.15) is 0 Å². The average molecular weight is 320 g/mol. The maximum Gasteiger partial charge on any atom is 0.410 e. The molecule has 1 amide bonds. The molecule has 23 heavy (non-hydrogen) atoms. The van der Waals surface area contributed by atoms with Gasteiger partial charge in [-0.25, -0.2) is 4.79 Å². The van der Waals surface area contributed by atoms with E-state index in [4.69, 9.17) is 15.2 Å². The summed E-state index contributed by atoms with van der Waals surface area (Å²) in [6.07, 6.45) is 0.614. The fourth-order valence-electron chi connectivity index (χ4n) is 2.76. The van der Waals surface area contributed by atoms with E-state index in [1.807, 2.05) is 30.3 Å². The number of esters is 1. The first-order valence-electron chi connectivity index (χ1n) is 7.77. The lowest BCUT2D eigenvalue weighted by Crippen LogP contribution is -2.46. The Bertz CT molecular complexity index is 549. The van der Waals surface area contributed by atoms with Crippen molar-refractivity contribution in [2.75, 3.05) is 20.2 Å². The molecular formula is C17H24N2O4. The van der Waals surface area contributed by atoms with E-state index in [0.717, 1.165) is 5.56 Å². The summed E-state index contributed by atoms with van der Waals surface area (Å²) in [7, 11) is 1.36. The van der Waals surface area contributed by atoms with Crippen LogP contribution in [0, 0.1) is 5.41 Å². The summed E-state index contributed by atoms with van der Waals surface area (Å²) in [5.74, 6) is -0.329. The van der Waals surface area contributed by atoms with Gasteiger partial charge in [0.2, 0.25) is 0 Å². The number of carbonyl (C=O) groups is 2. The van der Waals surface area contributed by atoms with Gasteiger partial charge in [-0.05, 0) is 25.3 Å². The van der Waals surface area contributed by atoms with Gasteiger partial charge in [-0.1, -0.05) is 30.3 Å². The van der Waals surface area contributed by atoms with Crippen LogP contribution in [0.1, 0.15) is 25.3 Å². The molecule has 2 atom stereocenters. The van der Waals surface area contributed by atoms with Crippen LogP contribution < -0.4 is 5.73 Å². The Kier molecular flexibility index (Phi) is 5.60. The lowest BCUT2D eigenvalue weighted by Gasteiger charge is -2.30. The van der Waals surface area contributed by atoms with Crippen molar-refractivity contribution in [1.29, 1.82) is 0 Å². The molecule has 0 aliphatic carbocycles. The lowest BCUT2D eigenvalue weighted by atomic mass is 9.79. The fourth-order valence-corrected chi connectivity index (χ4v) is 2.76. The smallest absolute Gasteiger partial charge is 0.410 e. The first kappa shape index (κ1) is 17.3. The highest BCUT2D eigenvalue weighted by Gasteiger charge is 2.43. The molecule has 1 aliphatic rings. The van der Waals surface area contributed by atoms with Gasteiger partial charge in [0, 0.05) is 19.1 Å². The molecule has 0 saturated carbocycles. The second-order valence-electron chi connectivity index (χ2n) is 6.08. The third kappa shape index (κ3) is 4.01. The number of amides is 1. The van der Waals surface area contributed by atoms with E-state index in [2.05, 4.69) is 0 Å². The van der Waals surface area contributed by atoms with E-state index in [0.29, 0.717) is 25.9 Å². The summed E-state index contributed by atoms with van der Waals surface area (Å²) in [6.45, 7) is 2.92. The Morgan fingerprint density at radius 1 is 1.30 bits per heavy atom. The van der Waals surface area contributed by atoms with Gasteiger partial charge < -0.3 is 20.1 Å². The van der Waals surface area contributed by atoms with Gasteiger partial charge in [0.05, 0.1) is 12.5 Å². The summed E-state index contributed by atoms with van der Waals surface area (Å²) in [4.78, 5) is 25.8. The molecule has 2 rings (SSSR count). The first-order valence-corrected chi connectivity index (χ1v) is 7.77. The number of likely N-dealkylation sites (tertiary alicyclic amines) is 1. The van der Waals surface area contributed by atoms with Crippen LogP contribution in [0.15, 0.2) is 30.3 Å². The molecule has 0 radical (unpaired) electrons. The molecular weight excluding hydrogens is 296 g/mol. The topological polar surface area (TPSA) is 81.9 Å². The number of benzene rings is 1. The molecule has 1 aromatic rings. The van der Waals surface area contributed by atoms with Crippen molar-refractivity contribution >= 4 is 12.1 Å². The number of hydrogen-bond acceptors (Lipinski definition) is 5. The highest BCUT2D eigenvalue weighted by molar-refractivity contribution is 5.77. The SMILES string of the molecule is COC(=O)C1(C)CCN(C(=O)OCc2ccccc2)CCC1N. The molecule has 0 bridgehead atoms. The van der Waals surface area contributed by atoms with Crippen molar-refractivity contribution in [2.24, 2.45) is 11.1 Å². The van der Waals surface area contributed by atoms with Crippen LogP contribution in [0.25, 0.3) is 0 Å². The van der Waals surface area contributed by atoms with E-state index >= 15 is 0 Å². The van der Waals surface area contributed by atoms with Crippen molar-refractivity contribution < 1.29 is 19.1 Å². The van der Waals surface area contributed by atoms with E-state index in [9.17, 15) is 9.59 Å². The Labute approximate surface area is 136 Å². The van der Waals surface area contributed by atoms with Gasteiger partial charge in [0.25, 0.3) is 0 Å². The van der Waals surface area contributed by atoms with Crippen LogP contribution in [-0.2, 0) is 20.9 Å². The minimum atomic E-state index is -0.775. The monoisotopic (exact) mass is 320 g/mol. The number of nitrogens with two attached hydrogens (primary N) is 1. The van der Waals surface area contributed by atoms with E-state index in [-0.39, 0.29) is 24.7 Å². The highest BCUT2D eigenvalue weighted by atomic mass is 16.6. The van der Waals surface area contributed by atoms with Gasteiger partial charge in [0.1, 0.15) is 6.61 Å². The van der Waals surface area contributed by atoms with Gasteiger partial charge >= 0.3 is 12.1 Å². The quantitative estimate of drug-likeness (QED) is 0.861. The van der Waals surface area contributed by atoms with Crippen LogP contribution in [0.4, 0.5) is 4.79 Å². The van der Waals surface area contributed by atoms with Crippen molar-refractivity contribution in [2.45, 2.75) is 32.4 Å². The normalized spacial score (nSPS) is 24.7. The van der Waals surface area contributed by atoms with Gasteiger partial charge in [0.15, 0.2) is 0 Å². The molecule has 0 spiro atoms. The van der Waals surface area contributed by atoms with Gasteiger partial charge in [-0.15, -0.1) is 0 Å². The molecule has 1 aliphatic heterocycles. The van der Waals surface area contributed by atoms with E-state index in [1.54, 1.807) is 11.8 Å². The molecule has 2 unspecified atom stereocenters. The van der Waals surface area contributed by atoms with Crippen molar-refractivity contribution in [3.05, 3.63) is 35.9 Å². The Morgan fingerprint density at radius 2 is 2.00 bits per heavy atom. The summed E-state index contributed by atoms with van der Waals surface area (Å²) in [5.41, 5.74) is 6.30. The fraction of sp³-hybridized carbons (Fsp3) is 0.529. The summed E-state index contributed by atoms with van der Waals surface area (Å²) >= 11 is 0. The Balaban J connectivity index is 1.94. The summed E-state index contributed by atoms with van der Waals surface area (Å²) < 4.78 is 10.2. The van der Waals surface area contributed by atoms with Crippen LogP contribution in [0.3, 0.4) is 0 Å². The molecule has 6 heteroatoms. The maximum atomic E-state index is 12.2. The molecule has 1 aromatic carbocycles. The number of ether oxygens (including phenoxy) is 2. The number of carbonyl (C=O) groups excluding carboxylic acids is 2. The predicted molar refractivity (Wildman–Crippen MR) is 85.5 cm³/mol. The molecule has 126 valence electrons. The van der Waals surface area contributed by atoms with Crippen molar-refractivity contribution in [3.63, 3.8) is 0 Å². The standard InChI is InChI=1S/C17H24N2O4/c1-17(15(20)22-2)9-11-19(10-8-14(17)18)16(21)23-12-13-6-4-3-5-7-13/h3-7,14H,8-12,18H2,1-2H3. The van der Waals surface area contributed by atoms with Crippen LogP contribution in [0.2, 0.25) is 0 Å².